The highest BCUT2D eigenvalue weighted by Crippen LogP contribution is 2.35. The van der Waals surface area contributed by atoms with E-state index < -0.39 is 0 Å². The molecule has 0 aliphatic heterocycles. The summed E-state index contributed by atoms with van der Waals surface area (Å²) < 4.78 is 0. The molecule has 1 aromatic rings. The van der Waals surface area contributed by atoms with Crippen molar-refractivity contribution in [3.63, 3.8) is 0 Å². The number of isothiocyanates is 1. The summed E-state index contributed by atoms with van der Waals surface area (Å²) >= 11 is 4.57. The molecule has 2 rings (SSSR count). The Bertz CT molecular complexity index is 462. The SMILES string of the molecule is O=[N+]([O-])c1ccc(N=C=S)c2c1CCCC2. The summed E-state index contributed by atoms with van der Waals surface area (Å²) in [5, 5.41) is 13.2. The van der Waals surface area contributed by atoms with E-state index in [2.05, 4.69) is 22.4 Å². The lowest BCUT2D eigenvalue weighted by atomic mass is 9.89. The maximum Gasteiger partial charge on any atom is 0.273 e. The Labute approximate surface area is 98.2 Å². The predicted octanol–water partition coefficient (Wildman–Crippen LogP) is 3.21. The van der Waals surface area contributed by atoms with E-state index in [1.54, 1.807) is 6.07 Å². The minimum atomic E-state index is -0.324. The number of benzene rings is 1. The van der Waals surface area contributed by atoms with Crippen molar-refractivity contribution in [1.82, 2.24) is 0 Å². The molecule has 0 N–H and O–H groups in total. The third kappa shape index (κ3) is 1.87. The van der Waals surface area contributed by atoms with Crippen LogP contribution in [0.3, 0.4) is 0 Å². The molecule has 16 heavy (non-hydrogen) atoms. The van der Waals surface area contributed by atoms with Crippen LogP contribution in [0.5, 0.6) is 0 Å². The van der Waals surface area contributed by atoms with Crippen molar-refractivity contribution in [3.8, 4) is 0 Å². The summed E-state index contributed by atoms with van der Waals surface area (Å²) in [7, 11) is 0. The maximum atomic E-state index is 10.9. The number of thiocarbonyl (C=S) groups is 1. The second-order valence-electron chi connectivity index (χ2n) is 3.73. The van der Waals surface area contributed by atoms with Crippen LogP contribution in [0.2, 0.25) is 0 Å². The van der Waals surface area contributed by atoms with Crippen molar-refractivity contribution < 1.29 is 4.92 Å². The molecule has 82 valence electrons. The normalized spacial score (nSPS) is 13.8. The molecule has 0 bridgehead atoms. The fraction of sp³-hybridized carbons (Fsp3) is 0.364. The van der Waals surface area contributed by atoms with E-state index in [-0.39, 0.29) is 10.6 Å². The van der Waals surface area contributed by atoms with Crippen LogP contribution in [0.4, 0.5) is 11.4 Å². The van der Waals surface area contributed by atoms with Crippen LogP contribution in [0.15, 0.2) is 17.1 Å². The van der Waals surface area contributed by atoms with Crippen LogP contribution in [0, 0.1) is 10.1 Å². The van der Waals surface area contributed by atoms with Crippen LogP contribution in [-0.4, -0.2) is 10.1 Å². The van der Waals surface area contributed by atoms with E-state index in [9.17, 15) is 10.1 Å². The molecule has 0 amide bonds. The zero-order valence-electron chi connectivity index (χ0n) is 8.60. The van der Waals surface area contributed by atoms with Crippen LogP contribution in [-0.2, 0) is 12.8 Å². The molecule has 0 atom stereocenters. The zero-order valence-corrected chi connectivity index (χ0v) is 9.42. The molecule has 4 nitrogen and oxygen atoms in total. The summed E-state index contributed by atoms with van der Waals surface area (Å²) in [6, 6.07) is 3.16. The van der Waals surface area contributed by atoms with Gasteiger partial charge in [0.25, 0.3) is 5.69 Å². The van der Waals surface area contributed by atoms with Gasteiger partial charge < -0.3 is 0 Å². The molecule has 0 saturated carbocycles. The first kappa shape index (κ1) is 10.9. The van der Waals surface area contributed by atoms with Gasteiger partial charge in [-0.1, -0.05) is 0 Å². The minimum absolute atomic E-state index is 0.206. The number of fused-ring (bicyclic) bond motifs is 1. The lowest BCUT2D eigenvalue weighted by molar-refractivity contribution is -0.385. The van der Waals surface area contributed by atoms with Crippen LogP contribution in [0.25, 0.3) is 0 Å². The predicted molar refractivity (Wildman–Crippen MR) is 64.4 cm³/mol. The Morgan fingerprint density at radius 3 is 2.62 bits per heavy atom. The third-order valence-corrected chi connectivity index (χ3v) is 2.94. The Balaban J connectivity index is 2.63. The molecule has 0 unspecified atom stereocenters. The minimum Gasteiger partial charge on any atom is -0.258 e. The van der Waals surface area contributed by atoms with E-state index in [4.69, 9.17) is 0 Å². The first-order chi connectivity index (χ1) is 7.74. The van der Waals surface area contributed by atoms with E-state index >= 15 is 0 Å². The maximum absolute atomic E-state index is 10.9. The Morgan fingerprint density at radius 2 is 2.00 bits per heavy atom. The topological polar surface area (TPSA) is 55.5 Å². The molecular formula is C11H10N2O2S. The van der Waals surface area contributed by atoms with Gasteiger partial charge >= 0.3 is 0 Å². The fourth-order valence-corrected chi connectivity index (χ4v) is 2.25. The largest absolute Gasteiger partial charge is 0.273 e. The molecule has 0 heterocycles. The Morgan fingerprint density at radius 1 is 1.31 bits per heavy atom. The number of nitro groups is 1. The van der Waals surface area contributed by atoms with Gasteiger partial charge in [0.15, 0.2) is 0 Å². The molecule has 1 aliphatic carbocycles. The molecule has 0 spiro atoms. The monoisotopic (exact) mass is 234 g/mol. The van der Waals surface area contributed by atoms with Crippen molar-refractivity contribution >= 4 is 28.8 Å². The quantitative estimate of drug-likeness (QED) is 0.342. The van der Waals surface area contributed by atoms with E-state index in [0.29, 0.717) is 0 Å². The van der Waals surface area contributed by atoms with Crippen molar-refractivity contribution in [2.45, 2.75) is 25.7 Å². The van der Waals surface area contributed by atoms with Crippen molar-refractivity contribution in [2.75, 3.05) is 0 Å². The van der Waals surface area contributed by atoms with Crippen LogP contribution < -0.4 is 0 Å². The average molecular weight is 234 g/mol. The molecule has 5 heteroatoms. The second-order valence-corrected chi connectivity index (χ2v) is 3.91. The molecular weight excluding hydrogens is 224 g/mol. The first-order valence-electron chi connectivity index (χ1n) is 5.11. The molecule has 1 aromatic carbocycles. The van der Waals surface area contributed by atoms with Gasteiger partial charge in [0.2, 0.25) is 0 Å². The Kier molecular flexibility index (Phi) is 3.08. The third-order valence-electron chi connectivity index (χ3n) is 2.85. The smallest absolute Gasteiger partial charge is 0.258 e. The van der Waals surface area contributed by atoms with Gasteiger partial charge in [0.1, 0.15) is 0 Å². The van der Waals surface area contributed by atoms with E-state index in [0.717, 1.165) is 42.5 Å². The van der Waals surface area contributed by atoms with Gasteiger partial charge in [-0.15, -0.1) is 0 Å². The number of nitrogens with zero attached hydrogens (tertiary/aromatic N) is 2. The van der Waals surface area contributed by atoms with Crippen LogP contribution in [0.1, 0.15) is 24.0 Å². The van der Waals surface area contributed by atoms with Gasteiger partial charge in [0, 0.05) is 11.6 Å². The Hall–Kier alpha value is -1.58. The van der Waals surface area contributed by atoms with Gasteiger partial charge in [0.05, 0.1) is 15.8 Å². The second kappa shape index (κ2) is 4.51. The summed E-state index contributed by atoms with van der Waals surface area (Å²) in [6.45, 7) is 0. The standard InChI is InChI=1S/C11H10N2O2S/c14-13(15)11-6-5-10(12-7-16)8-3-1-2-4-9(8)11/h5-6H,1-4H2. The molecule has 0 saturated heterocycles. The van der Waals surface area contributed by atoms with Gasteiger partial charge in [-0.05, 0) is 49.5 Å². The van der Waals surface area contributed by atoms with Gasteiger partial charge in [-0.2, -0.15) is 4.99 Å². The lowest BCUT2D eigenvalue weighted by Gasteiger charge is -2.16. The van der Waals surface area contributed by atoms with E-state index in [1.165, 1.54) is 6.07 Å². The summed E-state index contributed by atoms with van der Waals surface area (Å²) in [6.07, 6.45) is 3.64. The lowest BCUT2D eigenvalue weighted by Crippen LogP contribution is -2.06. The number of rotatable bonds is 2. The highest BCUT2D eigenvalue weighted by Gasteiger charge is 2.22. The molecule has 0 aromatic heterocycles. The number of aliphatic imine (C=N–C) groups is 1. The summed E-state index contributed by atoms with van der Waals surface area (Å²) in [5.41, 5.74) is 2.73. The van der Waals surface area contributed by atoms with Crippen molar-refractivity contribution in [1.29, 1.82) is 0 Å². The zero-order chi connectivity index (χ0) is 11.5. The highest BCUT2D eigenvalue weighted by molar-refractivity contribution is 7.78. The molecule has 0 fully saturated rings. The van der Waals surface area contributed by atoms with Crippen LogP contribution >= 0.6 is 12.2 Å². The molecule has 0 radical (unpaired) electrons. The fourth-order valence-electron chi connectivity index (χ4n) is 2.15. The van der Waals surface area contributed by atoms with Crippen molar-refractivity contribution in [2.24, 2.45) is 4.99 Å². The number of hydrogen-bond acceptors (Lipinski definition) is 4. The summed E-state index contributed by atoms with van der Waals surface area (Å²) in [4.78, 5) is 14.5. The summed E-state index contributed by atoms with van der Waals surface area (Å²) in [5.74, 6) is 0. The number of hydrogen-bond donors (Lipinski definition) is 0. The van der Waals surface area contributed by atoms with Gasteiger partial charge in [-0.3, -0.25) is 10.1 Å². The van der Waals surface area contributed by atoms with E-state index in [1.807, 2.05) is 0 Å². The van der Waals surface area contributed by atoms with Gasteiger partial charge in [-0.25, -0.2) is 0 Å². The number of nitro benzene ring substituents is 1. The highest BCUT2D eigenvalue weighted by atomic mass is 32.1. The first-order valence-corrected chi connectivity index (χ1v) is 5.52. The molecule has 1 aliphatic rings. The van der Waals surface area contributed by atoms with Crippen molar-refractivity contribution in [3.05, 3.63) is 33.4 Å². The average Bonchev–Trinajstić information content (AvgIpc) is 2.29.